The second-order valence-electron chi connectivity index (χ2n) is 4.66. The van der Waals surface area contributed by atoms with Gasteiger partial charge in [0, 0.05) is 38.3 Å². The second-order valence-corrected chi connectivity index (χ2v) is 5.19. The molecule has 20 heavy (non-hydrogen) atoms. The van der Waals surface area contributed by atoms with Gasteiger partial charge in [0.15, 0.2) is 5.96 Å². The zero-order valence-corrected chi connectivity index (χ0v) is 12.4. The predicted octanol–water partition coefficient (Wildman–Crippen LogP) is 1.88. The number of hydrogen-bond donors (Lipinski definition) is 1. The van der Waals surface area contributed by atoms with Gasteiger partial charge < -0.3 is 10.2 Å². The number of rotatable bonds is 3. The molecule has 116 valence electrons. The third kappa shape index (κ3) is 4.86. The second kappa shape index (κ2) is 7.17. The van der Waals surface area contributed by atoms with Gasteiger partial charge in [-0.25, -0.2) is 0 Å². The Hall–Kier alpha value is -0.950. The lowest BCUT2D eigenvalue weighted by atomic mass is 10.2. The van der Waals surface area contributed by atoms with Crippen molar-refractivity contribution in [1.29, 1.82) is 0 Å². The summed E-state index contributed by atoms with van der Waals surface area (Å²) in [5.74, 6) is 0.631. The molecule has 0 aliphatic carbocycles. The average molecular weight is 313 g/mol. The molecule has 0 aromatic heterocycles. The minimum absolute atomic E-state index is 0.350. The van der Waals surface area contributed by atoms with Crippen LogP contribution < -0.4 is 5.32 Å². The summed E-state index contributed by atoms with van der Waals surface area (Å²) in [5, 5.41) is 3.47. The lowest BCUT2D eigenvalue weighted by Gasteiger charge is -2.39. The maximum Gasteiger partial charge on any atom is 0.403 e. The summed E-state index contributed by atoms with van der Waals surface area (Å²) in [6, 6.07) is -1.41. The van der Waals surface area contributed by atoms with Gasteiger partial charge in [0.05, 0.1) is 6.54 Å². The lowest BCUT2D eigenvalue weighted by Crippen LogP contribution is -2.56. The van der Waals surface area contributed by atoms with Gasteiger partial charge in [0.2, 0.25) is 0 Å². The highest BCUT2D eigenvalue weighted by Gasteiger charge is 2.40. The van der Waals surface area contributed by atoms with Gasteiger partial charge in [-0.3, -0.25) is 9.89 Å². The zero-order chi connectivity index (χ0) is 15.3. The van der Waals surface area contributed by atoms with Crippen molar-refractivity contribution in [3.05, 3.63) is 11.6 Å². The van der Waals surface area contributed by atoms with E-state index in [0.717, 1.165) is 0 Å². The van der Waals surface area contributed by atoms with Gasteiger partial charge in [-0.15, -0.1) is 0 Å². The molecule has 0 bridgehead atoms. The normalized spacial score (nSPS) is 19.9. The number of piperazine rings is 1. The van der Waals surface area contributed by atoms with Crippen LogP contribution in [-0.4, -0.2) is 67.7 Å². The molecule has 4 nitrogen and oxygen atoms in total. The molecule has 1 unspecified atom stereocenters. The lowest BCUT2D eigenvalue weighted by molar-refractivity contribution is -0.181. The minimum atomic E-state index is -4.18. The van der Waals surface area contributed by atoms with E-state index < -0.39 is 12.2 Å². The van der Waals surface area contributed by atoms with Crippen LogP contribution in [0, 0.1) is 0 Å². The van der Waals surface area contributed by atoms with Crippen LogP contribution in [0.1, 0.15) is 6.92 Å². The fraction of sp³-hybridized carbons (Fsp3) is 0.750. The van der Waals surface area contributed by atoms with E-state index in [9.17, 15) is 13.2 Å². The van der Waals surface area contributed by atoms with Crippen LogP contribution in [0.15, 0.2) is 16.6 Å². The van der Waals surface area contributed by atoms with Crippen LogP contribution >= 0.6 is 11.6 Å². The molecule has 0 spiro atoms. The maximum absolute atomic E-state index is 12.6. The summed E-state index contributed by atoms with van der Waals surface area (Å²) >= 11 is 5.67. The summed E-state index contributed by atoms with van der Waals surface area (Å²) in [5.41, 5.74) is 0. The van der Waals surface area contributed by atoms with Gasteiger partial charge >= 0.3 is 6.18 Å². The molecule has 0 aromatic carbocycles. The first kappa shape index (κ1) is 17.1. The Labute approximate surface area is 122 Å². The van der Waals surface area contributed by atoms with Gasteiger partial charge in [-0.1, -0.05) is 18.2 Å². The Balaban J connectivity index is 2.50. The highest BCUT2D eigenvalue weighted by atomic mass is 35.5. The SMILES string of the molecule is C=C(Cl)CNC(=NC)N1CCN(C(C)C(F)(F)F)CC1. The number of hydrogen-bond acceptors (Lipinski definition) is 2. The van der Waals surface area contributed by atoms with Crippen molar-refractivity contribution in [2.45, 2.75) is 19.1 Å². The van der Waals surface area contributed by atoms with E-state index in [1.54, 1.807) is 7.05 Å². The summed E-state index contributed by atoms with van der Waals surface area (Å²) in [7, 11) is 1.63. The molecule has 0 amide bonds. The molecule has 1 rings (SSSR count). The summed E-state index contributed by atoms with van der Waals surface area (Å²) in [6.07, 6.45) is -4.18. The predicted molar refractivity (Wildman–Crippen MR) is 75.0 cm³/mol. The van der Waals surface area contributed by atoms with Crippen molar-refractivity contribution in [3.63, 3.8) is 0 Å². The Morgan fingerprint density at radius 3 is 2.30 bits per heavy atom. The number of alkyl halides is 3. The Kier molecular flexibility index (Phi) is 6.13. The molecule has 1 aliphatic rings. The molecule has 1 aliphatic heterocycles. The Bertz CT molecular complexity index is 362. The molecule has 1 fully saturated rings. The van der Waals surface area contributed by atoms with Crippen molar-refractivity contribution in [3.8, 4) is 0 Å². The van der Waals surface area contributed by atoms with E-state index in [0.29, 0.717) is 43.7 Å². The van der Waals surface area contributed by atoms with Crippen molar-refractivity contribution >= 4 is 17.6 Å². The largest absolute Gasteiger partial charge is 0.403 e. The van der Waals surface area contributed by atoms with Crippen molar-refractivity contribution in [2.24, 2.45) is 4.99 Å². The number of guanidine groups is 1. The molecule has 1 atom stereocenters. The van der Waals surface area contributed by atoms with E-state index in [1.807, 2.05) is 4.90 Å². The van der Waals surface area contributed by atoms with E-state index >= 15 is 0 Å². The average Bonchev–Trinajstić information content (AvgIpc) is 2.38. The van der Waals surface area contributed by atoms with E-state index in [4.69, 9.17) is 11.6 Å². The molecule has 0 saturated carbocycles. The monoisotopic (exact) mass is 312 g/mol. The molecule has 1 heterocycles. The van der Waals surface area contributed by atoms with Crippen LogP contribution in [0.5, 0.6) is 0 Å². The number of aliphatic imine (C=N–C) groups is 1. The van der Waals surface area contributed by atoms with Crippen LogP contribution in [0.4, 0.5) is 13.2 Å². The van der Waals surface area contributed by atoms with Crippen molar-refractivity contribution < 1.29 is 13.2 Å². The third-order valence-corrected chi connectivity index (χ3v) is 3.42. The highest BCUT2D eigenvalue weighted by molar-refractivity contribution is 6.29. The van der Waals surface area contributed by atoms with E-state index in [-0.39, 0.29) is 0 Å². The first-order chi connectivity index (χ1) is 9.25. The molecule has 1 saturated heterocycles. The highest BCUT2D eigenvalue weighted by Crippen LogP contribution is 2.25. The topological polar surface area (TPSA) is 30.9 Å². The third-order valence-electron chi connectivity index (χ3n) is 3.29. The van der Waals surface area contributed by atoms with Crippen LogP contribution in [0.2, 0.25) is 0 Å². The van der Waals surface area contributed by atoms with Crippen LogP contribution in [0.3, 0.4) is 0 Å². The molecular formula is C12H20ClF3N4. The number of halogens is 4. The molecule has 8 heteroatoms. The molecule has 1 N–H and O–H groups in total. The first-order valence-corrected chi connectivity index (χ1v) is 6.73. The molecule has 0 radical (unpaired) electrons. The minimum Gasteiger partial charge on any atom is -0.351 e. The standard InChI is InChI=1S/C12H20ClF3N4/c1-9(13)8-18-11(17-3)20-6-4-19(5-7-20)10(2)12(14,15)16/h10H,1,4-8H2,2-3H3,(H,17,18). The smallest absolute Gasteiger partial charge is 0.351 e. The number of nitrogens with zero attached hydrogens (tertiary/aromatic N) is 3. The van der Waals surface area contributed by atoms with Crippen molar-refractivity contribution in [2.75, 3.05) is 39.8 Å². The molecule has 0 aromatic rings. The van der Waals surface area contributed by atoms with E-state index in [1.165, 1.54) is 11.8 Å². The Morgan fingerprint density at radius 1 is 1.35 bits per heavy atom. The summed E-state index contributed by atoms with van der Waals surface area (Å²) in [6.45, 7) is 6.83. The van der Waals surface area contributed by atoms with E-state index in [2.05, 4.69) is 16.9 Å². The fourth-order valence-electron chi connectivity index (χ4n) is 2.04. The zero-order valence-electron chi connectivity index (χ0n) is 11.7. The van der Waals surface area contributed by atoms with Crippen molar-refractivity contribution in [1.82, 2.24) is 15.1 Å². The summed E-state index contributed by atoms with van der Waals surface area (Å²) < 4.78 is 37.9. The van der Waals surface area contributed by atoms with Gasteiger partial charge in [-0.2, -0.15) is 13.2 Å². The quantitative estimate of drug-likeness (QED) is 0.638. The maximum atomic E-state index is 12.6. The van der Waals surface area contributed by atoms with Crippen LogP contribution in [0.25, 0.3) is 0 Å². The van der Waals surface area contributed by atoms with Gasteiger partial charge in [0.25, 0.3) is 0 Å². The van der Waals surface area contributed by atoms with Gasteiger partial charge in [-0.05, 0) is 6.92 Å². The first-order valence-electron chi connectivity index (χ1n) is 6.35. The van der Waals surface area contributed by atoms with Gasteiger partial charge in [0.1, 0.15) is 6.04 Å². The molecular weight excluding hydrogens is 293 g/mol. The fourth-order valence-corrected chi connectivity index (χ4v) is 2.10. The summed E-state index contributed by atoms with van der Waals surface area (Å²) in [4.78, 5) is 7.44. The van der Waals surface area contributed by atoms with Crippen LogP contribution in [-0.2, 0) is 0 Å². The Morgan fingerprint density at radius 2 is 1.90 bits per heavy atom. The number of nitrogens with one attached hydrogen (secondary N) is 1.